The Morgan fingerprint density at radius 1 is 1.32 bits per heavy atom. The van der Waals surface area contributed by atoms with E-state index in [1.807, 2.05) is 19.9 Å². The van der Waals surface area contributed by atoms with Gasteiger partial charge in [-0.1, -0.05) is 6.07 Å². The Balaban J connectivity index is 1.56. The number of anilines is 1. The number of aryl methyl sites for hydroxylation is 2. The van der Waals surface area contributed by atoms with Crippen LogP contribution in [0.15, 0.2) is 54.3 Å². The second-order valence-electron chi connectivity index (χ2n) is 7.98. The monoisotopic (exact) mass is 424 g/mol. The minimum atomic E-state index is -0.489. The molecule has 0 bridgehead atoms. The third-order valence-electron chi connectivity index (χ3n) is 6.00. The molecule has 0 radical (unpaired) electrons. The molecule has 1 fully saturated rings. The molecular weight excluding hydrogens is 399 g/mol. The van der Waals surface area contributed by atoms with Crippen molar-refractivity contribution in [1.29, 1.82) is 0 Å². The van der Waals surface area contributed by atoms with E-state index >= 15 is 0 Å². The number of rotatable bonds is 7. The predicted molar refractivity (Wildman–Crippen MR) is 113 cm³/mol. The van der Waals surface area contributed by atoms with Crippen LogP contribution < -0.4 is 10.1 Å². The maximum atomic E-state index is 14.0. The van der Waals surface area contributed by atoms with Crippen LogP contribution in [-0.2, 0) is 9.53 Å². The van der Waals surface area contributed by atoms with Crippen LogP contribution in [0.4, 0.5) is 10.2 Å². The number of hydrogen-bond acceptors (Lipinski definition) is 6. The number of hydrogen-bond donors (Lipinski definition) is 1. The van der Waals surface area contributed by atoms with Crippen LogP contribution in [0.5, 0.6) is 5.75 Å². The molecule has 0 spiro atoms. The van der Waals surface area contributed by atoms with Gasteiger partial charge in [0, 0.05) is 17.5 Å². The molecule has 1 N–H and O–H groups in total. The second-order valence-corrected chi connectivity index (χ2v) is 7.98. The summed E-state index contributed by atoms with van der Waals surface area (Å²) in [4.78, 5) is 25.7. The van der Waals surface area contributed by atoms with E-state index in [9.17, 15) is 9.18 Å². The zero-order valence-electron chi connectivity index (χ0n) is 17.8. The normalized spacial score (nSPS) is 24.6. The topological polar surface area (TPSA) is 86.2 Å². The van der Waals surface area contributed by atoms with Crippen molar-refractivity contribution in [2.75, 3.05) is 19.0 Å². The van der Waals surface area contributed by atoms with Crippen molar-refractivity contribution < 1.29 is 18.7 Å². The molecule has 3 atom stereocenters. The van der Waals surface area contributed by atoms with Gasteiger partial charge in [-0.15, -0.1) is 0 Å². The highest BCUT2D eigenvalue weighted by molar-refractivity contribution is 5.94. The number of halogens is 1. The summed E-state index contributed by atoms with van der Waals surface area (Å²) in [5.41, 5.74) is 0.248. The van der Waals surface area contributed by atoms with Gasteiger partial charge in [-0.25, -0.2) is 19.3 Å². The second kappa shape index (κ2) is 8.45. The van der Waals surface area contributed by atoms with Crippen LogP contribution in [0.2, 0.25) is 0 Å². The Hall–Kier alpha value is -3.29. The van der Waals surface area contributed by atoms with Crippen LogP contribution in [-0.4, -0.2) is 34.6 Å². The van der Waals surface area contributed by atoms with E-state index in [4.69, 9.17) is 9.47 Å². The fourth-order valence-corrected chi connectivity index (χ4v) is 4.15. The van der Waals surface area contributed by atoms with E-state index in [0.717, 1.165) is 5.69 Å². The molecule has 2 aromatic rings. The Morgan fingerprint density at radius 2 is 2.16 bits per heavy atom. The first-order chi connectivity index (χ1) is 14.9. The maximum absolute atomic E-state index is 14.0. The zero-order valence-corrected chi connectivity index (χ0v) is 17.8. The lowest BCUT2D eigenvalue weighted by Gasteiger charge is -2.28. The Morgan fingerprint density at radius 3 is 2.87 bits per heavy atom. The summed E-state index contributed by atoms with van der Waals surface area (Å²) in [7, 11) is 1.44. The molecule has 31 heavy (non-hydrogen) atoms. The van der Waals surface area contributed by atoms with Gasteiger partial charge < -0.3 is 14.8 Å². The Kier molecular flexibility index (Phi) is 5.71. The van der Waals surface area contributed by atoms with Crippen LogP contribution in [0.3, 0.4) is 0 Å². The van der Waals surface area contributed by atoms with Crippen LogP contribution in [0.1, 0.15) is 24.4 Å². The van der Waals surface area contributed by atoms with Crippen molar-refractivity contribution >= 4 is 11.7 Å². The lowest BCUT2D eigenvalue weighted by Crippen LogP contribution is -2.30. The van der Waals surface area contributed by atoms with Gasteiger partial charge in [-0.2, -0.15) is 0 Å². The highest BCUT2D eigenvalue weighted by Gasteiger charge is 2.62. The van der Waals surface area contributed by atoms with E-state index in [0.29, 0.717) is 30.2 Å². The lowest BCUT2D eigenvalue weighted by atomic mass is 9.82. The molecule has 1 amide bonds. The van der Waals surface area contributed by atoms with Gasteiger partial charge in [0.2, 0.25) is 5.91 Å². The molecule has 8 heteroatoms. The zero-order chi connectivity index (χ0) is 22.0. The third kappa shape index (κ3) is 4.28. The molecule has 0 saturated heterocycles. The molecular formula is C23H25FN4O3. The first-order valence-electron chi connectivity index (χ1n) is 10.2. The van der Waals surface area contributed by atoms with Gasteiger partial charge in [0.05, 0.1) is 25.6 Å². The average molecular weight is 424 g/mol. The summed E-state index contributed by atoms with van der Waals surface area (Å²) in [5, 5.41) is 2.88. The van der Waals surface area contributed by atoms with Crippen LogP contribution in [0, 0.1) is 31.1 Å². The number of allylic oxidation sites excluding steroid dienone is 3. The molecule has 7 nitrogen and oxygen atoms in total. The molecule has 2 aromatic heterocycles. The number of ether oxygens (including phenoxy) is 2. The highest BCUT2D eigenvalue weighted by Crippen LogP contribution is 2.61. The van der Waals surface area contributed by atoms with Crippen LogP contribution in [0.25, 0.3) is 0 Å². The predicted octanol–water partition coefficient (Wildman–Crippen LogP) is 3.92. The minimum absolute atomic E-state index is 0.104. The molecule has 2 aliphatic carbocycles. The minimum Gasteiger partial charge on any atom is -0.494 e. The van der Waals surface area contributed by atoms with Crippen molar-refractivity contribution in [1.82, 2.24) is 15.0 Å². The Bertz CT molecular complexity index is 1040. The van der Waals surface area contributed by atoms with Gasteiger partial charge in [-0.05, 0) is 56.9 Å². The summed E-state index contributed by atoms with van der Waals surface area (Å²) in [6, 6.07) is 5.35. The summed E-state index contributed by atoms with van der Waals surface area (Å²) < 4.78 is 25.3. The SMILES string of the molecule is COC1=CC([C@]2(COc3cnc(C)nc3C)C[C@H]2C(=O)Nc2ccccn2)CC=C1F. The number of methoxy groups -OCH3 is 1. The first-order valence-corrected chi connectivity index (χ1v) is 10.2. The Labute approximate surface area is 180 Å². The van der Waals surface area contributed by atoms with Gasteiger partial charge in [0.1, 0.15) is 11.6 Å². The quantitative estimate of drug-likeness (QED) is 0.725. The largest absolute Gasteiger partial charge is 0.494 e. The first kappa shape index (κ1) is 21.0. The maximum Gasteiger partial charge on any atom is 0.229 e. The van der Waals surface area contributed by atoms with Crippen molar-refractivity contribution in [2.24, 2.45) is 17.3 Å². The third-order valence-corrected chi connectivity index (χ3v) is 6.00. The fourth-order valence-electron chi connectivity index (χ4n) is 4.15. The molecule has 2 heterocycles. The van der Waals surface area contributed by atoms with Crippen molar-refractivity contribution in [3.63, 3.8) is 0 Å². The molecule has 1 saturated carbocycles. The molecule has 1 unspecified atom stereocenters. The van der Waals surface area contributed by atoms with E-state index < -0.39 is 5.41 Å². The summed E-state index contributed by atoms with van der Waals surface area (Å²) in [5.74, 6) is 1.03. The average Bonchev–Trinajstić information content (AvgIpc) is 3.50. The van der Waals surface area contributed by atoms with Crippen molar-refractivity contribution in [2.45, 2.75) is 26.7 Å². The van der Waals surface area contributed by atoms with Gasteiger partial charge in [0.25, 0.3) is 0 Å². The lowest BCUT2D eigenvalue weighted by molar-refractivity contribution is -0.118. The molecule has 2 aliphatic rings. The van der Waals surface area contributed by atoms with Crippen molar-refractivity contribution in [3.05, 3.63) is 65.8 Å². The standard InChI is InChI=1S/C23H25FN4O3/c1-14-20(12-26-15(2)27-14)31-13-23(16-7-8-18(24)19(10-16)30-3)11-17(23)22(29)28-21-6-4-5-9-25-21/h4-6,8-10,12,16-17H,7,11,13H2,1-3H3,(H,25,28,29)/t16?,17-,23+/m0/s1. The smallest absolute Gasteiger partial charge is 0.229 e. The number of amides is 1. The number of pyridine rings is 1. The fraction of sp³-hybridized carbons (Fsp3) is 0.391. The number of nitrogens with one attached hydrogen (secondary N) is 1. The number of carbonyl (C=O) groups is 1. The van der Waals surface area contributed by atoms with E-state index in [-0.39, 0.29) is 35.9 Å². The number of nitrogens with zero attached hydrogens (tertiary/aromatic N) is 3. The van der Waals surface area contributed by atoms with Gasteiger partial charge in [-0.3, -0.25) is 4.79 Å². The number of carbonyl (C=O) groups excluding carboxylic acids is 1. The molecule has 0 aliphatic heterocycles. The van der Waals surface area contributed by atoms with Gasteiger partial charge in [0.15, 0.2) is 17.3 Å². The van der Waals surface area contributed by atoms with Crippen molar-refractivity contribution in [3.8, 4) is 5.75 Å². The summed E-state index contributed by atoms with van der Waals surface area (Å²) in [6.07, 6.45) is 7.64. The molecule has 4 rings (SSSR count). The summed E-state index contributed by atoms with van der Waals surface area (Å²) in [6.45, 7) is 3.96. The molecule has 0 aromatic carbocycles. The number of aromatic nitrogens is 3. The van der Waals surface area contributed by atoms with E-state index in [1.54, 1.807) is 30.6 Å². The van der Waals surface area contributed by atoms with Gasteiger partial charge >= 0.3 is 0 Å². The molecule has 162 valence electrons. The van der Waals surface area contributed by atoms with E-state index in [2.05, 4.69) is 20.3 Å². The highest BCUT2D eigenvalue weighted by atomic mass is 19.1. The van der Waals surface area contributed by atoms with E-state index in [1.165, 1.54) is 13.2 Å². The summed E-state index contributed by atoms with van der Waals surface area (Å²) >= 11 is 0. The van der Waals surface area contributed by atoms with Crippen LogP contribution >= 0.6 is 0 Å².